The predicted octanol–water partition coefficient (Wildman–Crippen LogP) is -0.224. The van der Waals surface area contributed by atoms with Crippen molar-refractivity contribution in [1.82, 2.24) is 15.6 Å². The van der Waals surface area contributed by atoms with Crippen molar-refractivity contribution in [2.45, 2.75) is 0 Å². The molecule has 68 valence electrons. The highest BCUT2D eigenvalue weighted by Crippen LogP contribution is 1.90. The van der Waals surface area contributed by atoms with E-state index < -0.39 is 0 Å². The quantitative estimate of drug-likeness (QED) is 0.433. The normalized spacial score (nSPS) is 16.3. The third-order valence-corrected chi connectivity index (χ3v) is 1.58. The predicted molar refractivity (Wildman–Crippen MR) is 50.9 cm³/mol. The maximum atomic E-state index is 5.22. The zero-order valence-electron chi connectivity index (χ0n) is 7.14. The first-order valence-electron chi connectivity index (χ1n) is 4.20. The van der Waals surface area contributed by atoms with Crippen LogP contribution in [0.1, 0.15) is 0 Å². The summed E-state index contributed by atoms with van der Waals surface area (Å²) in [7, 11) is 0. The van der Waals surface area contributed by atoms with Gasteiger partial charge in [-0.1, -0.05) is 0 Å². The van der Waals surface area contributed by atoms with Crippen molar-refractivity contribution in [2.24, 2.45) is 0 Å². The number of rotatable bonds is 0. The second-order valence-corrected chi connectivity index (χ2v) is 2.63. The number of anilines is 1. The minimum atomic E-state index is 0.718. The highest BCUT2D eigenvalue weighted by atomic mass is 15.0. The highest BCUT2D eigenvalue weighted by Gasteiger charge is 1.91. The number of nitrogens with two attached hydrogens (primary N) is 1. The van der Waals surface area contributed by atoms with Crippen molar-refractivity contribution < 1.29 is 0 Å². The maximum absolute atomic E-state index is 5.22. The Kier molecular flexibility index (Phi) is 4.26. The lowest BCUT2D eigenvalue weighted by molar-refractivity contribution is 0.534. The van der Waals surface area contributed by atoms with Gasteiger partial charge >= 0.3 is 0 Å². The van der Waals surface area contributed by atoms with Gasteiger partial charge in [0.25, 0.3) is 0 Å². The molecule has 1 fully saturated rings. The lowest BCUT2D eigenvalue weighted by Crippen LogP contribution is -2.39. The second-order valence-electron chi connectivity index (χ2n) is 2.63. The van der Waals surface area contributed by atoms with E-state index in [4.69, 9.17) is 5.73 Å². The molecule has 2 heterocycles. The molecule has 1 aromatic rings. The fraction of sp³-hybridized carbons (Fsp3) is 0.500. The molecule has 0 unspecified atom stereocenters. The molecule has 0 aliphatic carbocycles. The number of piperazine rings is 1. The summed E-state index contributed by atoms with van der Waals surface area (Å²) in [6, 6.07) is 3.66. The summed E-state index contributed by atoms with van der Waals surface area (Å²) in [6.45, 7) is 4.56. The van der Waals surface area contributed by atoms with Crippen LogP contribution in [0.15, 0.2) is 18.3 Å². The number of hydrogen-bond acceptors (Lipinski definition) is 3. The molecule has 5 N–H and O–H groups in total. The van der Waals surface area contributed by atoms with Gasteiger partial charge in [0, 0.05) is 32.4 Å². The molecule has 4 heteroatoms. The van der Waals surface area contributed by atoms with Crippen molar-refractivity contribution in [2.75, 3.05) is 31.9 Å². The third kappa shape index (κ3) is 4.00. The number of nitrogen functional groups attached to an aromatic ring is 1. The molecule has 0 radical (unpaired) electrons. The van der Waals surface area contributed by atoms with Crippen molar-refractivity contribution in [3.63, 3.8) is 0 Å². The molecule has 0 spiro atoms. The van der Waals surface area contributed by atoms with E-state index in [0.29, 0.717) is 0 Å². The van der Waals surface area contributed by atoms with E-state index in [2.05, 4.69) is 15.6 Å². The third-order valence-electron chi connectivity index (χ3n) is 1.58. The van der Waals surface area contributed by atoms with Gasteiger partial charge in [-0.15, -0.1) is 0 Å². The molecule has 1 aliphatic heterocycles. The van der Waals surface area contributed by atoms with Gasteiger partial charge in [-0.05, 0) is 12.1 Å². The van der Waals surface area contributed by atoms with Crippen molar-refractivity contribution in [3.05, 3.63) is 18.3 Å². The highest BCUT2D eigenvalue weighted by molar-refractivity contribution is 5.26. The summed E-state index contributed by atoms with van der Waals surface area (Å²) in [4.78, 5) is 2.78. The largest absolute Gasteiger partial charge is 0.385 e. The van der Waals surface area contributed by atoms with E-state index in [-0.39, 0.29) is 0 Å². The smallest absolute Gasteiger partial charge is 0.100 e. The van der Waals surface area contributed by atoms with E-state index in [1.165, 1.54) is 0 Å². The first kappa shape index (κ1) is 9.09. The van der Waals surface area contributed by atoms with Crippen LogP contribution in [0.3, 0.4) is 0 Å². The molecule has 12 heavy (non-hydrogen) atoms. The molecule has 1 saturated heterocycles. The van der Waals surface area contributed by atoms with Crippen LogP contribution in [0, 0.1) is 0 Å². The molecule has 2 rings (SSSR count). The van der Waals surface area contributed by atoms with Crippen molar-refractivity contribution in [3.8, 4) is 0 Å². The van der Waals surface area contributed by atoms with Gasteiger partial charge in [0.15, 0.2) is 0 Å². The van der Waals surface area contributed by atoms with E-state index >= 15 is 0 Å². The molecule has 0 saturated carbocycles. The molecule has 0 bridgehead atoms. The molecule has 0 aromatic carbocycles. The van der Waals surface area contributed by atoms with Crippen LogP contribution in [-0.2, 0) is 0 Å². The van der Waals surface area contributed by atoms with Gasteiger partial charge in [-0.25, -0.2) is 0 Å². The molecule has 1 aromatic heterocycles. The summed E-state index contributed by atoms with van der Waals surface area (Å²) in [6.07, 6.45) is 1.79. The van der Waals surface area contributed by atoms with Gasteiger partial charge in [-0.2, -0.15) is 0 Å². The van der Waals surface area contributed by atoms with Gasteiger partial charge < -0.3 is 21.4 Å². The van der Waals surface area contributed by atoms with E-state index in [0.717, 1.165) is 32.0 Å². The standard InChI is InChI=1S/C4H10N2.C4H6N2/c1-2-6-4-3-5-1;5-4-2-1-3-6-4/h5-6H,1-4H2;1-3,6H,5H2. The molecule has 1 aliphatic rings. The number of hydrogen-bond donors (Lipinski definition) is 4. The topological polar surface area (TPSA) is 65.9 Å². The molecule has 0 amide bonds. The lowest BCUT2D eigenvalue weighted by Gasteiger charge is -2.11. The minimum Gasteiger partial charge on any atom is -0.385 e. The first-order valence-corrected chi connectivity index (χ1v) is 4.20. The summed E-state index contributed by atoms with van der Waals surface area (Å²) < 4.78 is 0. The number of aromatic amines is 1. The Morgan fingerprint density at radius 2 is 1.67 bits per heavy atom. The van der Waals surface area contributed by atoms with Gasteiger partial charge in [0.1, 0.15) is 5.82 Å². The second kappa shape index (κ2) is 5.62. The zero-order chi connectivity index (χ0) is 8.65. The van der Waals surface area contributed by atoms with Crippen LogP contribution >= 0.6 is 0 Å². The average molecular weight is 168 g/mol. The Labute approximate surface area is 72.5 Å². The Hall–Kier alpha value is -1.00. The summed E-state index contributed by atoms with van der Waals surface area (Å²) in [5, 5.41) is 6.44. The molecule has 4 nitrogen and oxygen atoms in total. The van der Waals surface area contributed by atoms with E-state index in [1.54, 1.807) is 12.3 Å². The number of aromatic nitrogens is 1. The van der Waals surface area contributed by atoms with Gasteiger partial charge in [0.05, 0.1) is 0 Å². The summed E-state index contributed by atoms with van der Waals surface area (Å²) >= 11 is 0. The molecular formula is C8H16N4. The van der Waals surface area contributed by atoms with Gasteiger partial charge in [0.2, 0.25) is 0 Å². The fourth-order valence-corrected chi connectivity index (χ4v) is 0.948. The number of H-pyrrole nitrogens is 1. The Morgan fingerprint density at radius 3 is 1.83 bits per heavy atom. The van der Waals surface area contributed by atoms with Gasteiger partial charge in [-0.3, -0.25) is 0 Å². The van der Waals surface area contributed by atoms with Crippen LogP contribution in [0.5, 0.6) is 0 Å². The van der Waals surface area contributed by atoms with Crippen molar-refractivity contribution in [1.29, 1.82) is 0 Å². The number of nitrogens with one attached hydrogen (secondary N) is 3. The van der Waals surface area contributed by atoms with E-state index in [1.807, 2.05) is 6.07 Å². The van der Waals surface area contributed by atoms with Crippen LogP contribution < -0.4 is 16.4 Å². The van der Waals surface area contributed by atoms with Crippen LogP contribution in [0.2, 0.25) is 0 Å². The Morgan fingerprint density at radius 1 is 1.08 bits per heavy atom. The van der Waals surface area contributed by atoms with Crippen LogP contribution in [0.25, 0.3) is 0 Å². The zero-order valence-corrected chi connectivity index (χ0v) is 7.14. The molecular weight excluding hydrogens is 152 g/mol. The molecule has 0 atom stereocenters. The average Bonchev–Trinajstić information content (AvgIpc) is 2.60. The maximum Gasteiger partial charge on any atom is 0.100 e. The Bertz CT molecular complexity index is 167. The first-order chi connectivity index (χ1) is 5.89. The van der Waals surface area contributed by atoms with Crippen LogP contribution in [0.4, 0.5) is 5.82 Å². The van der Waals surface area contributed by atoms with Crippen molar-refractivity contribution >= 4 is 5.82 Å². The van der Waals surface area contributed by atoms with E-state index in [9.17, 15) is 0 Å². The monoisotopic (exact) mass is 168 g/mol. The summed E-state index contributed by atoms with van der Waals surface area (Å²) in [5.74, 6) is 0.718. The Balaban J connectivity index is 0.000000120. The lowest BCUT2D eigenvalue weighted by atomic mass is 10.4. The SMILES string of the molecule is C1CNCCN1.Nc1ccc[nH]1. The summed E-state index contributed by atoms with van der Waals surface area (Å²) in [5.41, 5.74) is 5.22. The fourth-order valence-electron chi connectivity index (χ4n) is 0.948. The van der Waals surface area contributed by atoms with Crippen LogP contribution in [-0.4, -0.2) is 31.2 Å². The minimum absolute atomic E-state index is 0.718.